The molecule has 0 amide bonds. The van der Waals surface area contributed by atoms with Gasteiger partial charge in [-0.15, -0.1) is 0 Å². The predicted molar refractivity (Wildman–Crippen MR) is 70.2 cm³/mol. The van der Waals surface area contributed by atoms with Gasteiger partial charge in [-0.1, -0.05) is 13.3 Å². The summed E-state index contributed by atoms with van der Waals surface area (Å²) in [5, 5.41) is 0. The van der Waals surface area contributed by atoms with E-state index in [0.29, 0.717) is 12.1 Å². The molecule has 0 aliphatic rings. The van der Waals surface area contributed by atoms with Gasteiger partial charge in [0, 0.05) is 11.6 Å². The lowest BCUT2D eigenvalue weighted by Gasteiger charge is -2.15. The largest absolute Gasteiger partial charge is 0.496 e. The molecule has 1 rings (SSSR count). The van der Waals surface area contributed by atoms with E-state index in [0.717, 1.165) is 24.2 Å². The van der Waals surface area contributed by atoms with Crippen molar-refractivity contribution in [2.75, 3.05) is 12.8 Å². The molecule has 17 heavy (non-hydrogen) atoms. The fraction of sp³-hybridized carbons (Fsp3) is 0.500. The minimum absolute atomic E-state index is 0.0655. The zero-order valence-corrected chi connectivity index (χ0v) is 10.8. The maximum atomic E-state index is 11.6. The van der Waals surface area contributed by atoms with Crippen LogP contribution < -0.4 is 10.5 Å². The highest BCUT2D eigenvalue weighted by atomic mass is 16.5. The van der Waals surface area contributed by atoms with E-state index < -0.39 is 0 Å². The summed E-state index contributed by atoms with van der Waals surface area (Å²) < 4.78 is 5.29. The monoisotopic (exact) mass is 235 g/mol. The number of carbonyl (C=O) groups is 1. The van der Waals surface area contributed by atoms with Gasteiger partial charge < -0.3 is 10.5 Å². The minimum Gasteiger partial charge on any atom is -0.496 e. The van der Waals surface area contributed by atoms with Crippen LogP contribution in [0.5, 0.6) is 5.75 Å². The molecular formula is C14H21NO2. The maximum absolute atomic E-state index is 11.6. The van der Waals surface area contributed by atoms with Crippen molar-refractivity contribution in [2.45, 2.75) is 33.1 Å². The van der Waals surface area contributed by atoms with Crippen LogP contribution in [0.3, 0.4) is 0 Å². The maximum Gasteiger partial charge on any atom is 0.133 e. The first-order valence-corrected chi connectivity index (χ1v) is 6.01. The second kappa shape index (κ2) is 6.28. The van der Waals surface area contributed by atoms with Gasteiger partial charge >= 0.3 is 0 Å². The predicted octanol–water partition coefficient (Wildman–Crippen LogP) is 2.83. The fourth-order valence-corrected chi connectivity index (χ4v) is 2.02. The number of methoxy groups -OCH3 is 1. The first kappa shape index (κ1) is 13.6. The van der Waals surface area contributed by atoms with Crippen molar-refractivity contribution >= 4 is 11.5 Å². The van der Waals surface area contributed by atoms with E-state index in [2.05, 4.69) is 6.92 Å². The van der Waals surface area contributed by atoms with Gasteiger partial charge in [0.15, 0.2) is 0 Å². The zero-order chi connectivity index (χ0) is 12.8. The summed E-state index contributed by atoms with van der Waals surface area (Å²) in [6.07, 6.45) is 2.62. The normalized spacial score (nSPS) is 12.2. The molecule has 3 heteroatoms. The average molecular weight is 235 g/mol. The van der Waals surface area contributed by atoms with Crippen LogP contribution in [0.25, 0.3) is 0 Å². The van der Waals surface area contributed by atoms with Gasteiger partial charge in [-0.3, -0.25) is 4.79 Å². The molecule has 0 saturated carbocycles. The molecule has 0 fully saturated rings. The number of rotatable bonds is 6. The van der Waals surface area contributed by atoms with E-state index in [1.807, 2.05) is 18.2 Å². The lowest BCUT2D eigenvalue weighted by atomic mass is 9.91. The van der Waals surface area contributed by atoms with Crippen molar-refractivity contribution in [2.24, 2.45) is 5.92 Å². The Labute approximate surface area is 103 Å². The zero-order valence-electron chi connectivity index (χ0n) is 10.8. The Morgan fingerprint density at radius 1 is 1.47 bits per heavy atom. The molecule has 1 aromatic carbocycles. The van der Waals surface area contributed by atoms with Gasteiger partial charge in [0.2, 0.25) is 0 Å². The number of benzene rings is 1. The van der Waals surface area contributed by atoms with Gasteiger partial charge in [-0.2, -0.15) is 0 Å². The summed E-state index contributed by atoms with van der Waals surface area (Å²) in [4.78, 5) is 11.6. The Balaban J connectivity index is 2.91. The third-order valence-corrected chi connectivity index (χ3v) is 2.98. The Bertz CT molecular complexity index is 388. The van der Waals surface area contributed by atoms with Crippen LogP contribution in [-0.4, -0.2) is 12.9 Å². The number of ether oxygens (including phenoxy) is 1. The van der Waals surface area contributed by atoms with Crippen molar-refractivity contribution in [3.05, 3.63) is 23.8 Å². The van der Waals surface area contributed by atoms with Crippen LogP contribution in [0.4, 0.5) is 5.69 Å². The molecule has 1 aromatic rings. The number of nitrogen functional groups attached to an aromatic ring is 1. The van der Waals surface area contributed by atoms with Crippen LogP contribution in [-0.2, 0) is 11.2 Å². The third kappa shape index (κ3) is 3.77. The molecule has 0 aliphatic carbocycles. The second-order valence-corrected chi connectivity index (χ2v) is 4.37. The van der Waals surface area contributed by atoms with Crippen molar-refractivity contribution in [3.63, 3.8) is 0 Å². The molecule has 0 radical (unpaired) electrons. The van der Waals surface area contributed by atoms with Crippen molar-refractivity contribution < 1.29 is 9.53 Å². The molecule has 0 heterocycles. The molecule has 1 unspecified atom stereocenters. The van der Waals surface area contributed by atoms with Crippen molar-refractivity contribution in [1.29, 1.82) is 0 Å². The molecule has 3 nitrogen and oxygen atoms in total. The number of ketones is 1. The van der Waals surface area contributed by atoms with E-state index in [9.17, 15) is 4.79 Å². The fourth-order valence-electron chi connectivity index (χ4n) is 2.02. The lowest BCUT2D eigenvalue weighted by molar-refractivity contribution is -0.120. The Hall–Kier alpha value is -1.51. The number of hydrogen-bond donors (Lipinski definition) is 1. The van der Waals surface area contributed by atoms with E-state index in [1.165, 1.54) is 0 Å². The van der Waals surface area contributed by atoms with Gasteiger partial charge in [0.25, 0.3) is 0 Å². The smallest absolute Gasteiger partial charge is 0.133 e. The molecular weight excluding hydrogens is 214 g/mol. The number of hydrogen-bond acceptors (Lipinski definition) is 3. The summed E-state index contributed by atoms with van der Waals surface area (Å²) in [5.74, 6) is 1.11. The number of carbonyl (C=O) groups excluding carboxylic acids is 1. The molecule has 94 valence electrons. The summed E-state index contributed by atoms with van der Waals surface area (Å²) >= 11 is 0. The summed E-state index contributed by atoms with van der Waals surface area (Å²) in [6.45, 7) is 3.74. The average Bonchev–Trinajstić information content (AvgIpc) is 2.28. The molecule has 0 spiro atoms. The van der Waals surface area contributed by atoms with E-state index in [-0.39, 0.29) is 11.7 Å². The van der Waals surface area contributed by atoms with Gasteiger partial charge in [-0.05, 0) is 43.5 Å². The topological polar surface area (TPSA) is 52.3 Å². The van der Waals surface area contributed by atoms with Gasteiger partial charge in [0.1, 0.15) is 11.5 Å². The van der Waals surface area contributed by atoms with Crippen LogP contribution in [0.1, 0.15) is 32.3 Å². The van der Waals surface area contributed by atoms with Crippen LogP contribution in [0.2, 0.25) is 0 Å². The summed E-state index contributed by atoms with van der Waals surface area (Å²) in [5.41, 5.74) is 7.49. The number of Topliss-reactive ketones (excluding diaryl/α,β-unsaturated/α-hetero) is 1. The second-order valence-electron chi connectivity index (χ2n) is 4.37. The van der Waals surface area contributed by atoms with Crippen LogP contribution in [0.15, 0.2) is 18.2 Å². The van der Waals surface area contributed by atoms with Crippen LogP contribution in [0, 0.1) is 5.92 Å². The summed E-state index contributed by atoms with van der Waals surface area (Å²) in [7, 11) is 1.64. The van der Waals surface area contributed by atoms with Gasteiger partial charge in [0.05, 0.1) is 7.11 Å². The van der Waals surface area contributed by atoms with Gasteiger partial charge in [-0.25, -0.2) is 0 Å². The lowest BCUT2D eigenvalue weighted by Crippen LogP contribution is -2.14. The Morgan fingerprint density at radius 3 is 2.71 bits per heavy atom. The summed E-state index contributed by atoms with van der Waals surface area (Å²) in [6, 6.07) is 5.56. The molecule has 1 atom stereocenters. The minimum atomic E-state index is 0.0655. The number of nitrogens with two attached hydrogens (primary N) is 1. The van der Waals surface area contributed by atoms with Crippen LogP contribution >= 0.6 is 0 Å². The van der Waals surface area contributed by atoms with E-state index in [4.69, 9.17) is 10.5 Å². The highest BCUT2D eigenvalue weighted by Crippen LogP contribution is 2.25. The first-order valence-electron chi connectivity index (χ1n) is 6.01. The highest BCUT2D eigenvalue weighted by Gasteiger charge is 2.16. The number of anilines is 1. The van der Waals surface area contributed by atoms with E-state index >= 15 is 0 Å². The molecule has 0 bridgehead atoms. The third-order valence-electron chi connectivity index (χ3n) is 2.98. The van der Waals surface area contributed by atoms with Crippen molar-refractivity contribution in [3.8, 4) is 5.75 Å². The Morgan fingerprint density at radius 2 is 2.18 bits per heavy atom. The molecule has 0 saturated heterocycles. The van der Waals surface area contributed by atoms with E-state index in [1.54, 1.807) is 14.0 Å². The van der Waals surface area contributed by atoms with Crippen molar-refractivity contribution in [1.82, 2.24) is 0 Å². The Kier molecular flexibility index (Phi) is 5.01. The standard InChI is InChI=1S/C14H21NO2/c1-4-5-11(10(2)16)8-12-9-13(15)6-7-14(12)17-3/h6-7,9,11H,4-5,8,15H2,1-3H3. The SMILES string of the molecule is CCCC(Cc1cc(N)ccc1OC)C(C)=O. The quantitative estimate of drug-likeness (QED) is 0.771. The molecule has 0 aliphatic heterocycles. The molecule has 0 aromatic heterocycles. The first-order chi connectivity index (χ1) is 8.08. The molecule has 2 N–H and O–H groups in total. The highest BCUT2D eigenvalue weighted by molar-refractivity contribution is 5.78.